The Morgan fingerprint density at radius 1 is 1.29 bits per heavy atom. The van der Waals surface area contributed by atoms with Crippen molar-refractivity contribution in [1.29, 1.82) is 0 Å². The van der Waals surface area contributed by atoms with Crippen molar-refractivity contribution in [1.82, 2.24) is 15.0 Å². The molecule has 7 heteroatoms. The molecule has 3 aromatic rings. The molecule has 3 heterocycles. The number of carboxylic acid groups (broad SMARTS) is 1. The van der Waals surface area contributed by atoms with Gasteiger partial charge in [0.05, 0.1) is 11.1 Å². The van der Waals surface area contributed by atoms with Crippen LogP contribution < -0.4 is 4.74 Å². The predicted octanol–water partition coefficient (Wildman–Crippen LogP) is 3.19. The van der Waals surface area contributed by atoms with Crippen molar-refractivity contribution in [2.45, 2.75) is 13.8 Å². The van der Waals surface area contributed by atoms with Crippen LogP contribution in [0, 0.1) is 13.8 Å². The molecule has 3 rings (SSSR count). The molecular formula is C14H11N3O3S. The minimum Gasteiger partial charge on any atom is -0.477 e. The Balaban J connectivity index is 2.15. The number of carbonyl (C=O) groups is 1. The summed E-state index contributed by atoms with van der Waals surface area (Å²) in [5, 5.41) is 9.83. The topological polar surface area (TPSA) is 85.2 Å². The maximum Gasteiger partial charge on any atom is 0.346 e. The normalized spacial score (nSPS) is 10.8. The van der Waals surface area contributed by atoms with Gasteiger partial charge in [-0.2, -0.15) is 0 Å². The number of hydrogen-bond acceptors (Lipinski definition) is 6. The van der Waals surface area contributed by atoms with Crippen molar-refractivity contribution in [3.8, 4) is 11.6 Å². The molecule has 0 aliphatic carbocycles. The summed E-state index contributed by atoms with van der Waals surface area (Å²) in [5.74, 6) is -0.0451. The van der Waals surface area contributed by atoms with E-state index in [0.717, 1.165) is 17.0 Å². The first-order valence-corrected chi connectivity index (χ1v) is 6.96. The summed E-state index contributed by atoms with van der Waals surface area (Å²) in [6.07, 6.45) is 3.04. The second kappa shape index (κ2) is 5.10. The van der Waals surface area contributed by atoms with Crippen molar-refractivity contribution < 1.29 is 14.6 Å². The summed E-state index contributed by atoms with van der Waals surface area (Å²) in [7, 11) is 0. The molecule has 0 amide bonds. The fourth-order valence-electron chi connectivity index (χ4n) is 2.00. The highest BCUT2D eigenvalue weighted by atomic mass is 32.1. The van der Waals surface area contributed by atoms with E-state index in [0.29, 0.717) is 27.4 Å². The van der Waals surface area contributed by atoms with E-state index in [1.807, 2.05) is 6.92 Å². The molecular weight excluding hydrogens is 290 g/mol. The van der Waals surface area contributed by atoms with E-state index in [2.05, 4.69) is 15.0 Å². The van der Waals surface area contributed by atoms with Crippen LogP contribution in [0.3, 0.4) is 0 Å². The maximum atomic E-state index is 11.2. The molecule has 0 fully saturated rings. The zero-order valence-electron chi connectivity index (χ0n) is 11.3. The Hall–Kier alpha value is -2.54. The summed E-state index contributed by atoms with van der Waals surface area (Å²) < 4.78 is 5.80. The Morgan fingerprint density at radius 3 is 2.81 bits per heavy atom. The molecule has 106 valence electrons. The fraction of sp³-hybridized carbons (Fsp3) is 0.143. The van der Waals surface area contributed by atoms with E-state index >= 15 is 0 Å². The molecule has 0 saturated carbocycles. The lowest BCUT2D eigenvalue weighted by Crippen LogP contribution is -1.96. The van der Waals surface area contributed by atoms with E-state index in [-0.39, 0.29) is 4.88 Å². The molecule has 0 radical (unpaired) electrons. The first-order chi connectivity index (χ1) is 10.1. The van der Waals surface area contributed by atoms with Crippen molar-refractivity contribution in [2.75, 3.05) is 0 Å². The third kappa shape index (κ3) is 2.31. The highest BCUT2D eigenvalue weighted by Gasteiger charge is 2.20. The molecule has 6 nitrogen and oxygen atoms in total. The Morgan fingerprint density at radius 2 is 2.10 bits per heavy atom. The zero-order chi connectivity index (χ0) is 15.0. The van der Waals surface area contributed by atoms with Crippen LogP contribution in [0.4, 0.5) is 0 Å². The third-order valence-electron chi connectivity index (χ3n) is 3.05. The zero-order valence-corrected chi connectivity index (χ0v) is 12.1. The number of hydrogen-bond donors (Lipinski definition) is 1. The van der Waals surface area contributed by atoms with E-state index in [1.54, 1.807) is 25.3 Å². The van der Waals surface area contributed by atoms with Crippen molar-refractivity contribution in [3.05, 3.63) is 40.8 Å². The van der Waals surface area contributed by atoms with Gasteiger partial charge in [-0.15, -0.1) is 11.3 Å². The quantitative estimate of drug-likeness (QED) is 0.799. The SMILES string of the molecule is Cc1ncccc1Oc1ncnc2sc(C(=O)O)c(C)c12. The molecule has 0 aromatic carbocycles. The van der Waals surface area contributed by atoms with Crippen LogP contribution in [-0.4, -0.2) is 26.0 Å². The molecule has 21 heavy (non-hydrogen) atoms. The van der Waals surface area contributed by atoms with E-state index in [1.165, 1.54) is 6.33 Å². The highest BCUT2D eigenvalue weighted by Crippen LogP contribution is 2.36. The van der Waals surface area contributed by atoms with Crippen LogP contribution >= 0.6 is 11.3 Å². The lowest BCUT2D eigenvalue weighted by molar-refractivity contribution is 0.0701. The van der Waals surface area contributed by atoms with Crippen molar-refractivity contribution in [2.24, 2.45) is 0 Å². The van der Waals surface area contributed by atoms with Gasteiger partial charge in [-0.1, -0.05) is 0 Å². The second-order valence-electron chi connectivity index (χ2n) is 4.41. The van der Waals surface area contributed by atoms with Gasteiger partial charge in [0.15, 0.2) is 5.75 Å². The Labute approximate surface area is 124 Å². The van der Waals surface area contributed by atoms with Crippen molar-refractivity contribution >= 4 is 27.5 Å². The molecule has 0 bridgehead atoms. The number of carboxylic acids is 1. The van der Waals surface area contributed by atoms with Gasteiger partial charge in [0.2, 0.25) is 5.88 Å². The lowest BCUT2D eigenvalue weighted by Gasteiger charge is -2.07. The number of fused-ring (bicyclic) bond motifs is 1. The molecule has 0 spiro atoms. The van der Waals surface area contributed by atoms with Crippen LogP contribution in [0.1, 0.15) is 20.9 Å². The van der Waals surface area contributed by atoms with Crippen LogP contribution in [-0.2, 0) is 0 Å². The molecule has 3 aromatic heterocycles. The average Bonchev–Trinajstić information content (AvgIpc) is 2.80. The summed E-state index contributed by atoms with van der Waals surface area (Å²) in [5.41, 5.74) is 1.34. The predicted molar refractivity (Wildman–Crippen MR) is 78.2 cm³/mol. The fourth-order valence-corrected chi connectivity index (χ4v) is 2.98. The second-order valence-corrected chi connectivity index (χ2v) is 5.41. The number of nitrogens with zero attached hydrogens (tertiary/aromatic N) is 3. The van der Waals surface area contributed by atoms with Gasteiger partial charge in [-0.25, -0.2) is 14.8 Å². The van der Waals surface area contributed by atoms with Gasteiger partial charge in [-0.3, -0.25) is 4.98 Å². The summed E-state index contributed by atoms with van der Waals surface area (Å²) in [6, 6.07) is 3.56. The number of aryl methyl sites for hydroxylation is 2. The number of rotatable bonds is 3. The Bertz CT molecular complexity index is 845. The largest absolute Gasteiger partial charge is 0.477 e. The Kier molecular flexibility index (Phi) is 3.26. The van der Waals surface area contributed by atoms with Gasteiger partial charge in [-0.05, 0) is 31.5 Å². The highest BCUT2D eigenvalue weighted by molar-refractivity contribution is 7.20. The van der Waals surface area contributed by atoms with E-state index in [9.17, 15) is 9.90 Å². The monoisotopic (exact) mass is 301 g/mol. The minimum absolute atomic E-state index is 0.248. The van der Waals surface area contributed by atoms with Gasteiger partial charge in [0.25, 0.3) is 0 Å². The third-order valence-corrected chi connectivity index (χ3v) is 4.24. The smallest absolute Gasteiger partial charge is 0.346 e. The van der Waals surface area contributed by atoms with E-state index < -0.39 is 5.97 Å². The summed E-state index contributed by atoms with van der Waals surface area (Å²) in [4.78, 5) is 24.5. The molecule has 1 N–H and O–H groups in total. The molecule has 0 aliphatic rings. The van der Waals surface area contributed by atoms with Crippen LogP contribution in [0.25, 0.3) is 10.2 Å². The van der Waals surface area contributed by atoms with Gasteiger partial charge in [0.1, 0.15) is 16.0 Å². The number of thiophene rings is 1. The lowest BCUT2D eigenvalue weighted by atomic mass is 10.2. The van der Waals surface area contributed by atoms with E-state index in [4.69, 9.17) is 4.74 Å². The number of aromatic carboxylic acids is 1. The molecule has 0 atom stereocenters. The van der Waals surface area contributed by atoms with Gasteiger partial charge < -0.3 is 9.84 Å². The van der Waals surface area contributed by atoms with Gasteiger partial charge >= 0.3 is 5.97 Å². The van der Waals surface area contributed by atoms with Gasteiger partial charge in [0, 0.05) is 6.20 Å². The first-order valence-electron chi connectivity index (χ1n) is 6.14. The van der Waals surface area contributed by atoms with Crippen LogP contribution in [0.2, 0.25) is 0 Å². The standard InChI is InChI=1S/C14H11N3O3S/c1-7-10-12(20-9-4-3-5-15-8(9)2)16-6-17-13(10)21-11(7)14(18)19/h3-6H,1-2H3,(H,18,19). The average molecular weight is 301 g/mol. The van der Waals surface area contributed by atoms with Crippen LogP contribution in [0.5, 0.6) is 11.6 Å². The number of aromatic nitrogens is 3. The molecule has 0 aliphatic heterocycles. The number of ether oxygens (including phenoxy) is 1. The first kappa shape index (κ1) is 13.4. The molecule has 0 unspecified atom stereocenters. The van der Waals surface area contributed by atoms with Crippen molar-refractivity contribution in [3.63, 3.8) is 0 Å². The number of pyridine rings is 1. The maximum absolute atomic E-state index is 11.2. The summed E-state index contributed by atoms with van der Waals surface area (Å²) in [6.45, 7) is 3.56. The minimum atomic E-state index is -0.973. The van der Waals surface area contributed by atoms with Crippen LogP contribution in [0.15, 0.2) is 24.7 Å². The summed E-state index contributed by atoms with van der Waals surface area (Å²) >= 11 is 1.11. The molecule has 0 saturated heterocycles.